The van der Waals surface area contributed by atoms with Crippen molar-refractivity contribution in [2.45, 2.75) is 44.7 Å². The van der Waals surface area contributed by atoms with E-state index in [0.29, 0.717) is 0 Å². The maximum Gasteiger partial charge on any atom is 0.326 e. The zero-order valence-electron chi connectivity index (χ0n) is 11.7. The Morgan fingerprint density at radius 1 is 1.30 bits per heavy atom. The first kappa shape index (κ1) is 16.2. The Balaban J connectivity index is 2.55. The summed E-state index contributed by atoms with van der Waals surface area (Å²) in [6.07, 6.45) is 2.09. The number of hydrogen-bond donors (Lipinski definition) is 3. The lowest BCUT2D eigenvalue weighted by Gasteiger charge is -2.16. The van der Waals surface area contributed by atoms with Crippen LogP contribution >= 0.6 is 0 Å². The van der Waals surface area contributed by atoms with Crippen LogP contribution in [0.1, 0.15) is 31.7 Å². The molecule has 0 radical (unpaired) electrons. The van der Waals surface area contributed by atoms with Crippen LogP contribution in [-0.2, 0) is 16.0 Å². The number of benzene rings is 1. The maximum absolute atomic E-state index is 11.8. The van der Waals surface area contributed by atoms with Gasteiger partial charge in [-0.1, -0.05) is 43.7 Å². The van der Waals surface area contributed by atoms with Crippen molar-refractivity contribution < 1.29 is 14.7 Å². The quantitative estimate of drug-likeness (QED) is 0.668. The predicted molar refractivity (Wildman–Crippen MR) is 77.2 cm³/mol. The van der Waals surface area contributed by atoms with Crippen molar-refractivity contribution in [2.75, 3.05) is 0 Å². The van der Waals surface area contributed by atoms with Gasteiger partial charge in [-0.3, -0.25) is 4.79 Å². The molecule has 0 aliphatic rings. The van der Waals surface area contributed by atoms with E-state index in [-0.39, 0.29) is 24.8 Å². The molecule has 1 amide bonds. The molecule has 0 saturated carbocycles. The van der Waals surface area contributed by atoms with Gasteiger partial charge in [0.05, 0.1) is 0 Å². The van der Waals surface area contributed by atoms with Crippen LogP contribution in [0.25, 0.3) is 0 Å². The van der Waals surface area contributed by atoms with Gasteiger partial charge in [0.15, 0.2) is 0 Å². The largest absolute Gasteiger partial charge is 0.480 e. The lowest BCUT2D eigenvalue weighted by molar-refractivity contribution is -0.141. The number of aliphatic carboxylic acids is 1. The molecule has 0 heterocycles. The van der Waals surface area contributed by atoms with Crippen molar-refractivity contribution in [3.8, 4) is 0 Å². The summed E-state index contributed by atoms with van der Waals surface area (Å²) in [6, 6.07) is 8.09. The summed E-state index contributed by atoms with van der Waals surface area (Å²) in [4.78, 5) is 23.0. The molecule has 0 spiro atoms. The van der Waals surface area contributed by atoms with E-state index in [2.05, 4.69) is 5.32 Å². The second kappa shape index (κ2) is 8.32. The Morgan fingerprint density at radius 3 is 2.50 bits per heavy atom. The minimum Gasteiger partial charge on any atom is -0.480 e. The molecule has 5 nitrogen and oxygen atoms in total. The third-order valence-corrected chi connectivity index (χ3v) is 3.02. The Hall–Kier alpha value is -1.88. The second-order valence-corrected chi connectivity index (χ2v) is 4.90. The first-order valence-electron chi connectivity index (χ1n) is 6.84. The monoisotopic (exact) mass is 278 g/mol. The van der Waals surface area contributed by atoms with E-state index in [1.807, 2.05) is 37.3 Å². The molecule has 0 aromatic heterocycles. The van der Waals surface area contributed by atoms with Gasteiger partial charge in [-0.25, -0.2) is 4.79 Å². The number of carbonyl (C=O) groups is 2. The molecular formula is C15H22N2O3. The van der Waals surface area contributed by atoms with Crippen molar-refractivity contribution in [3.05, 3.63) is 35.9 Å². The van der Waals surface area contributed by atoms with E-state index in [1.54, 1.807) is 0 Å². The zero-order chi connectivity index (χ0) is 15.0. The van der Waals surface area contributed by atoms with Crippen LogP contribution < -0.4 is 11.1 Å². The van der Waals surface area contributed by atoms with Crippen LogP contribution in [0.2, 0.25) is 0 Å². The van der Waals surface area contributed by atoms with E-state index in [9.17, 15) is 14.7 Å². The van der Waals surface area contributed by atoms with Crippen LogP contribution in [0.5, 0.6) is 0 Å². The van der Waals surface area contributed by atoms with E-state index >= 15 is 0 Å². The standard InChI is InChI=1S/C15H22N2O3/c1-2-6-12(16)10-14(18)17-13(15(19)20)9-11-7-4-3-5-8-11/h3-5,7-8,12-13H,2,6,9-10,16H2,1H3,(H,17,18)(H,19,20)/t12?,13-/m1/s1. The number of carboxylic acid groups (broad SMARTS) is 1. The van der Waals surface area contributed by atoms with Crippen molar-refractivity contribution in [2.24, 2.45) is 5.73 Å². The number of amides is 1. The van der Waals surface area contributed by atoms with Gasteiger partial charge in [0.2, 0.25) is 5.91 Å². The SMILES string of the molecule is CCCC(N)CC(=O)N[C@H](Cc1ccccc1)C(=O)O. The van der Waals surface area contributed by atoms with Gasteiger partial charge < -0.3 is 16.2 Å². The third-order valence-electron chi connectivity index (χ3n) is 3.02. The number of rotatable bonds is 8. The van der Waals surface area contributed by atoms with Gasteiger partial charge in [-0.2, -0.15) is 0 Å². The third kappa shape index (κ3) is 5.84. The molecule has 0 saturated heterocycles. The maximum atomic E-state index is 11.8. The Labute approximate surface area is 119 Å². The van der Waals surface area contributed by atoms with Crippen LogP contribution in [0, 0.1) is 0 Å². The van der Waals surface area contributed by atoms with Gasteiger partial charge in [0.25, 0.3) is 0 Å². The molecule has 0 bridgehead atoms. The van der Waals surface area contributed by atoms with Crippen molar-refractivity contribution in [3.63, 3.8) is 0 Å². The first-order chi connectivity index (χ1) is 9.52. The molecule has 20 heavy (non-hydrogen) atoms. The highest BCUT2D eigenvalue weighted by Gasteiger charge is 2.21. The average molecular weight is 278 g/mol. The summed E-state index contributed by atoms with van der Waals surface area (Å²) in [5.41, 5.74) is 6.65. The summed E-state index contributed by atoms with van der Waals surface area (Å²) < 4.78 is 0. The topological polar surface area (TPSA) is 92.4 Å². The number of carbonyl (C=O) groups excluding carboxylic acids is 1. The fourth-order valence-electron chi connectivity index (χ4n) is 2.01. The van der Waals surface area contributed by atoms with Crippen LogP contribution in [0.4, 0.5) is 0 Å². The summed E-state index contributed by atoms with van der Waals surface area (Å²) >= 11 is 0. The molecule has 1 aromatic rings. The Kier molecular flexibility index (Phi) is 6.73. The molecule has 5 heteroatoms. The Bertz CT molecular complexity index is 434. The number of hydrogen-bond acceptors (Lipinski definition) is 3. The highest BCUT2D eigenvalue weighted by molar-refractivity contribution is 5.84. The normalized spacial score (nSPS) is 13.5. The summed E-state index contributed by atoms with van der Waals surface area (Å²) in [6.45, 7) is 1.99. The lowest BCUT2D eigenvalue weighted by Crippen LogP contribution is -2.44. The highest BCUT2D eigenvalue weighted by Crippen LogP contribution is 2.05. The van der Waals surface area contributed by atoms with Gasteiger partial charge in [0.1, 0.15) is 6.04 Å². The van der Waals surface area contributed by atoms with E-state index < -0.39 is 12.0 Å². The van der Waals surface area contributed by atoms with E-state index in [0.717, 1.165) is 18.4 Å². The Morgan fingerprint density at radius 2 is 1.95 bits per heavy atom. The highest BCUT2D eigenvalue weighted by atomic mass is 16.4. The zero-order valence-corrected chi connectivity index (χ0v) is 11.7. The predicted octanol–water partition coefficient (Wildman–Crippen LogP) is 1.32. The molecule has 0 fully saturated rings. The molecule has 110 valence electrons. The fourth-order valence-corrected chi connectivity index (χ4v) is 2.01. The van der Waals surface area contributed by atoms with Crippen LogP contribution in [-0.4, -0.2) is 29.1 Å². The number of nitrogens with two attached hydrogens (primary N) is 1. The van der Waals surface area contributed by atoms with Crippen molar-refractivity contribution in [1.29, 1.82) is 0 Å². The molecule has 1 aromatic carbocycles. The van der Waals surface area contributed by atoms with E-state index in [1.165, 1.54) is 0 Å². The number of carboxylic acids is 1. The molecule has 1 unspecified atom stereocenters. The molecule has 1 rings (SSSR count). The minimum atomic E-state index is -1.04. The van der Waals surface area contributed by atoms with Crippen LogP contribution in [0.3, 0.4) is 0 Å². The molecule has 4 N–H and O–H groups in total. The second-order valence-electron chi connectivity index (χ2n) is 4.90. The number of nitrogens with one attached hydrogen (secondary N) is 1. The summed E-state index contributed by atoms with van der Waals surface area (Å²) in [7, 11) is 0. The first-order valence-corrected chi connectivity index (χ1v) is 6.84. The molecular weight excluding hydrogens is 256 g/mol. The smallest absolute Gasteiger partial charge is 0.326 e. The molecule has 0 aliphatic heterocycles. The van der Waals surface area contributed by atoms with E-state index in [4.69, 9.17) is 5.73 Å². The fraction of sp³-hybridized carbons (Fsp3) is 0.467. The van der Waals surface area contributed by atoms with Crippen molar-refractivity contribution in [1.82, 2.24) is 5.32 Å². The van der Waals surface area contributed by atoms with Gasteiger partial charge in [0, 0.05) is 18.9 Å². The summed E-state index contributed by atoms with van der Waals surface area (Å²) in [5.74, 6) is -1.35. The van der Waals surface area contributed by atoms with Crippen molar-refractivity contribution >= 4 is 11.9 Å². The minimum absolute atomic E-state index is 0.159. The summed E-state index contributed by atoms with van der Waals surface area (Å²) in [5, 5.41) is 11.7. The average Bonchev–Trinajstić information content (AvgIpc) is 2.39. The van der Waals surface area contributed by atoms with Gasteiger partial charge in [-0.15, -0.1) is 0 Å². The van der Waals surface area contributed by atoms with Gasteiger partial charge in [-0.05, 0) is 12.0 Å². The van der Waals surface area contributed by atoms with Crippen LogP contribution in [0.15, 0.2) is 30.3 Å². The lowest BCUT2D eigenvalue weighted by atomic mass is 10.0. The molecule has 0 aliphatic carbocycles. The molecule has 2 atom stereocenters. The van der Waals surface area contributed by atoms with Gasteiger partial charge >= 0.3 is 5.97 Å².